The van der Waals surface area contributed by atoms with E-state index in [2.05, 4.69) is 34.4 Å². The molecule has 1 aliphatic heterocycles. The Morgan fingerprint density at radius 3 is 2.61 bits per heavy atom. The zero-order valence-electron chi connectivity index (χ0n) is 16.9. The molecule has 2 heterocycles. The lowest BCUT2D eigenvalue weighted by Crippen LogP contribution is -2.45. The van der Waals surface area contributed by atoms with Crippen LogP contribution in [-0.4, -0.2) is 43.4 Å². The summed E-state index contributed by atoms with van der Waals surface area (Å²) in [6.07, 6.45) is 2.19. The molecule has 0 radical (unpaired) electrons. The van der Waals surface area contributed by atoms with Gasteiger partial charge in [0.2, 0.25) is 0 Å². The van der Waals surface area contributed by atoms with Crippen LogP contribution in [-0.2, 0) is 11.3 Å². The SMILES string of the molecule is COc1ccc(NC(=O)NCc2ccc(N3CC(C)OC(C)C3)nc2)cc1C. The van der Waals surface area contributed by atoms with Crippen LogP contribution in [0.3, 0.4) is 0 Å². The summed E-state index contributed by atoms with van der Waals surface area (Å²) in [5, 5.41) is 5.68. The predicted molar refractivity (Wildman–Crippen MR) is 110 cm³/mol. The number of aryl methyl sites for hydroxylation is 1. The van der Waals surface area contributed by atoms with Gasteiger partial charge in [-0.3, -0.25) is 0 Å². The number of benzene rings is 1. The first-order valence-electron chi connectivity index (χ1n) is 9.49. The lowest BCUT2D eigenvalue weighted by atomic mass is 10.2. The van der Waals surface area contributed by atoms with Crippen LogP contribution in [0.4, 0.5) is 16.3 Å². The normalized spacial score (nSPS) is 19.2. The van der Waals surface area contributed by atoms with Gasteiger partial charge in [-0.05, 0) is 56.2 Å². The Bertz CT molecular complexity index is 800. The second kappa shape index (κ2) is 8.93. The van der Waals surface area contributed by atoms with Gasteiger partial charge < -0.3 is 25.0 Å². The Hall–Kier alpha value is -2.80. The van der Waals surface area contributed by atoms with Crippen LogP contribution in [0.5, 0.6) is 5.75 Å². The van der Waals surface area contributed by atoms with Gasteiger partial charge in [-0.25, -0.2) is 9.78 Å². The molecule has 2 unspecified atom stereocenters. The van der Waals surface area contributed by atoms with Crippen LogP contribution < -0.4 is 20.3 Å². The minimum Gasteiger partial charge on any atom is -0.496 e. The van der Waals surface area contributed by atoms with E-state index in [1.165, 1.54) is 0 Å². The summed E-state index contributed by atoms with van der Waals surface area (Å²) >= 11 is 0. The number of aromatic nitrogens is 1. The standard InChI is InChI=1S/C21H28N4O3/c1-14-9-18(6-7-19(14)27-4)24-21(26)23-11-17-5-8-20(22-10-17)25-12-15(2)28-16(3)13-25/h5-10,15-16H,11-13H2,1-4H3,(H2,23,24,26). The molecular formula is C21H28N4O3. The van der Waals surface area contributed by atoms with E-state index in [1.54, 1.807) is 13.3 Å². The van der Waals surface area contributed by atoms with Crippen molar-refractivity contribution in [1.29, 1.82) is 0 Å². The molecule has 2 aromatic rings. The summed E-state index contributed by atoms with van der Waals surface area (Å²) in [6.45, 7) is 8.15. The van der Waals surface area contributed by atoms with Crippen LogP contribution in [0.15, 0.2) is 36.5 Å². The fourth-order valence-corrected chi connectivity index (χ4v) is 3.39. The smallest absolute Gasteiger partial charge is 0.319 e. The molecular weight excluding hydrogens is 356 g/mol. The lowest BCUT2D eigenvalue weighted by Gasteiger charge is -2.36. The van der Waals surface area contributed by atoms with Gasteiger partial charge in [-0.2, -0.15) is 0 Å². The number of hydrogen-bond acceptors (Lipinski definition) is 5. The number of rotatable bonds is 5. The van der Waals surface area contributed by atoms with Gasteiger partial charge in [0.15, 0.2) is 0 Å². The number of morpholine rings is 1. The highest BCUT2D eigenvalue weighted by atomic mass is 16.5. The Labute approximate surface area is 166 Å². The van der Waals surface area contributed by atoms with Gasteiger partial charge in [0.25, 0.3) is 0 Å². The maximum atomic E-state index is 12.1. The first-order valence-corrected chi connectivity index (χ1v) is 9.49. The van der Waals surface area contributed by atoms with Crippen LogP contribution in [0.25, 0.3) is 0 Å². The number of pyridine rings is 1. The maximum absolute atomic E-state index is 12.1. The fourth-order valence-electron chi connectivity index (χ4n) is 3.39. The average Bonchev–Trinajstić information content (AvgIpc) is 2.66. The zero-order valence-corrected chi connectivity index (χ0v) is 16.9. The van der Waals surface area contributed by atoms with Gasteiger partial charge in [0, 0.05) is 31.5 Å². The van der Waals surface area contributed by atoms with Crippen molar-refractivity contribution in [3.8, 4) is 5.75 Å². The third-order valence-electron chi connectivity index (χ3n) is 4.66. The van der Waals surface area contributed by atoms with Crippen molar-refractivity contribution < 1.29 is 14.3 Å². The van der Waals surface area contributed by atoms with E-state index in [9.17, 15) is 4.79 Å². The molecule has 3 rings (SSSR count). The van der Waals surface area contributed by atoms with Gasteiger partial charge in [-0.15, -0.1) is 0 Å². The highest BCUT2D eigenvalue weighted by Crippen LogP contribution is 2.21. The number of amides is 2. The molecule has 0 bridgehead atoms. The number of anilines is 2. The summed E-state index contributed by atoms with van der Waals surface area (Å²) in [6, 6.07) is 9.24. The fraction of sp³-hybridized carbons (Fsp3) is 0.429. The number of nitrogens with one attached hydrogen (secondary N) is 2. The molecule has 28 heavy (non-hydrogen) atoms. The van der Waals surface area contributed by atoms with E-state index < -0.39 is 0 Å². The second-order valence-electron chi connectivity index (χ2n) is 7.18. The lowest BCUT2D eigenvalue weighted by molar-refractivity contribution is -0.00546. The summed E-state index contributed by atoms with van der Waals surface area (Å²) in [5.41, 5.74) is 2.63. The van der Waals surface area contributed by atoms with Crippen LogP contribution >= 0.6 is 0 Å². The van der Waals surface area contributed by atoms with Crippen molar-refractivity contribution in [2.24, 2.45) is 0 Å². The predicted octanol–water partition coefficient (Wildman–Crippen LogP) is 3.33. The van der Waals surface area contributed by atoms with Crippen LogP contribution in [0.2, 0.25) is 0 Å². The van der Waals surface area contributed by atoms with Gasteiger partial charge in [0.05, 0.1) is 19.3 Å². The van der Waals surface area contributed by atoms with Crippen molar-refractivity contribution in [3.05, 3.63) is 47.7 Å². The zero-order chi connectivity index (χ0) is 20.1. The van der Waals surface area contributed by atoms with E-state index in [4.69, 9.17) is 9.47 Å². The molecule has 1 saturated heterocycles. The molecule has 1 fully saturated rings. The van der Waals surface area contributed by atoms with E-state index in [1.807, 2.05) is 37.3 Å². The van der Waals surface area contributed by atoms with Crippen LogP contribution in [0, 0.1) is 6.92 Å². The number of ether oxygens (including phenoxy) is 2. The van der Waals surface area contributed by atoms with Crippen molar-refractivity contribution >= 4 is 17.5 Å². The molecule has 0 aliphatic carbocycles. The topological polar surface area (TPSA) is 75.7 Å². The first kappa shape index (κ1) is 19.9. The average molecular weight is 384 g/mol. The van der Waals surface area contributed by atoms with E-state index in [0.29, 0.717) is 6.54 Å². The number of hydrogen-bond donors (Lipinski definition) is 2. The third-order valence-corrected chi connectivity index (χ3v) is 4.66. The highest BCUT2D eigenvalue weighted by molar-refractivity contribution is 5.89. The third kappa shape index (κ3) is 5.13. The molecule has 0 saturated carbocycles. The first-order chi connectivity index (χ1) is 13.4. The van der Waals surface area contributed by atoms with Gasteiger partial charge in [-0.1, -0.05) is 6.07 Å². The Morgan fingerprint density at radius 2 is 2.00 bits per heavy atom. The molecule has 0 spiro atoms. The summed E-state index contributed by atoms with van der Waals surface area (Å²) < 4.78 is 11.0. The van der Waals surface area contributed by atoms with Gasteiger partial charge >= 0.3 is 6.03 Å². The van der Waals surface area contributed by atoms with Crippen molar-refractivity contribution in [2.75, 3.05) is 30.4 Å². The molecule has 7 nitrogen and oxygen atoms in total. The number of methoxy groups -OCH3 is 1. The minimum absolute atomic E-state index is 0.192. The van der Waals surface area contributed by atoms with Crippen molar-refractivity contribution in [3.63, 3.8) is 0 Å². The quantitative estimate of drug-likeness (QED) is 0.827. The van der Waals surface area contributed by atoms with Crippen molar-refractivity contribution in [2.45, 2.75) is 39.5 Å². The number of urea groups is 1. The second-order valence-corrected chi connectivity index (χ2v) is 7.18. The molecule has 1 aromatic heterocycles. The molecule has 2 amide bonds. The van der Waals surface area contributed by atoms with Crippen molar-refractivity contribution in [1.82, 2.24) is 10.3 Å². The number of carbonyl (C=O) groups is 1. The minimum atomic E-state index is -0.260. The van der Waals surface area contributed by atoms with Crippen LogP contribution in [0.1, 0.15) is 25.0 Å². The van der Waals surface area contributed by atoms with Gasteiger partial charge in [0.1, 0.15) is 11.6 Å². The Kier molecular flexibility index (Phi) is 6.36. The maximum Gasteiger partial charge on any atom is 0.319 e. The number of nitrogens with zero attached hydrogens (tertiary/aromatic N) is 2. The summed E-state index contributed by atoms with van der Waals surface area (Å²) in [4.78, 5) is 18.9. The molecule has 2 N–H and O–H groups in total. The molecule has 2 atom stereocenters. The number of carbonyl (C=O) groups excluding carboxylic acids is 1. The molecule has 150 valence electrons. The molecule has 7 heteroatoms. The summed E-state index contributed by atoms with van der Waals surface area (Å²) in [7, 11) is 1.63. The van der Waals surface area contributed by atoms with E-state index in [0.717, 1.165) is 41.5 Å². The Morgan fingerprint density at radius 1 is 1.25 bits per heavy atom. The Balaban J connectivity index is 1.52. The van der Waals surface area contributed by atoms with E-state index >= 15 is 0 Å². The largest absolute Gasteiger partial charge is 0.496 e. The monoisotopic (exact) mass is 384 g/mol. The molecule has 1 aromatic carbocycles. The molecule has 1 aliphatic rings. The highest BCUT2D eigenvalue weighted by Gasteiger charge is 2.22. The summed E-state index contributed by atoms with van der Waals surface area (Å²) in [5.74, 6) is 1.73. The van der Waals surface area contributed by atoms with E-state index in [-0.39, 0.29) is 18.2 Å².